The van der Waals surface area contributed by atoms with Gasteiger partial charge in [-0.2, -0.15) is 0 Å². The Morgan fingerprint density at radius 2 is 1.64 bits per heavy atom. The normalized spacial score (nSPS) is 30.3. The monoisotopic (exact) mass is 332 g/mol. The van der Waals surface area contributed by atoms with Gasteiger partial charge in [0.1, 0.15) is 11.7 Å². The Bertz CT molecular complexity index is 358. The fraction of sp³-hybridized carbons (Fsp3) is 1.00. The van der Waals surface area contributed by atoms with E-state index in [4.69, 9.17) is 13.7 Å². The molecule has 1 aliphatic heterocycles. The molecule has 4 unspecified atom stereocenters. The van der Waals surface area contributed by atoms with E-state index in [0.717, 1.165) is 19.3 Å². The van der Waals surface area contributed by atoms with Crippen LogP contribution in [0, 0.1) is 11.3 Å². The third kappa shape index (κ3) is 4.40. The molecule has 3 nitrogen and oxygen atoms in total. The molecule has 0 aromatic rings. The summed E-state index contributed by atoms with van der Waals surface area (Å²) in [6.45, 7) is 17.5. The lowest BCUT2D eigenvalue weighted by Gasteiger charge is -2.42. The van der Waals surface area contributed by atoms with Crippen molar-refractivity contribution in [3.05, 3.63) is 0 Å². The highest BCUT2D eigenvalue weighted by Crippen LogP contribution is 2.48. The molecule has 1 heterocycles. The summed E-state index contributed by atoms with van der Waals surface area (Å²) in [6, 6.07) is 0. The van der Waals surface area contributed by atoms with Crippen LogP contribution in [0.3, 0.4) is 0 Å². The molecule has 0 aromatic carbocycles. The maximum Gasteiger partial charge on any atom is 0.163 e. The number of hydrogen-bond donors (Lipinski definition) is 0. The molecule has 4 heteroatoms. The molecule has 22 heavy (non-hydrogen) atoms. The van der Waals surface area contributed by atoms with Crippen molar-refractivity contribution < 1.29 is 13.7 Å². The van der Waals surface area contributed by atoms with E-state index < -0.39 is 5.79 Å². The Morgan fingerprint density at radius 1 is 1.09 bits per heavy atom. The molecule has 0 saturated carbocycles. The lowest BCUT2D eigenvalue weighted by Crippen LogP contribution is -2.52. The fourth-order valence-electron chi connectivity index (χ4n) is 3.61. The minimum Gasteiger partial charge on any atom is -0.344 e. The van der Waals surface area contributed by atoms with Crippen LogP contribution in [0.1, 0.15) is 74.7 Å². The Balaban J connectivity index is 3.17. The van der Waals surface area contributed by atoms with Gasteiger partial charge in [-0.15, -0.1) is 0 Å². The maximum atomic E-state index is 6.40. The predicted octanol–water partition coefficient (Wildman–Crippen LogP) is 5.43. The molecule has 0 radical (unpaired) electrons. The van der Waals surface area contributed by atoms with Gasteiger partial charge < -0.3 is 13.7 Å². The van der Waals surface area contributed by atoms with Crippen molar-refractivity contribution >= 4 is 12.0 Å². The molecule has 132 valence electrons. The molecule has 1 saturated heterocycles. The average molecular weight is 333 g/mol. The lowest BCUT2D eigenvalue weighted by molar-refractivity contribution is -0.167. The first-order chi connectivity index (χ1) is 10.0. The molecule has 0 amide bonds. The van der Waals surface area contributed by atoms with Crippen molar-refractivity contribution in [1.29, 1.82) is 0 Å². The zero-order chi connectivity index (χ0) is 17.2. The van der Waals surface area contributed by atoms with Gasteiger partial charge in [0.2, 0.25) is 0 Å². The highest BCUT2D eigenvalue weighted by molar-refractivity contribution is 7.93. The Hall–Kier alpha value is 0.230. The van der Waals surface area contributed by atoms with Crippen LogP contribution in [-0.4, -0.2) is 29.9 Å². The van der Waals surface area contributed by atoms with Gasteiger partial charge in [-0.05, 0) is 63.4 Å². The van der Waals surface area contributed by atoms with Crippen LogP contribution in [-0.2, 0) is 13.7 Å². The van der Waals surface area contributed by atoms with Gasteiger partial charge in [0.25, 0.3) is 0 Å². The summed E-state index contributed by atoms with van der Waals surface area (Å²) in [5.41, 5.74) is -0.254. The zero-order valence-electron chi connectivity index (χ0n) is 16.0. The first-order valence-electron chi connectivity index (χ1n) is 8.61. The number of rotatable bonds is 8. The Morgan fingerprint density at radius 3 is 2.05 bits per heavy atom. The van der Waals surface area contributed by atoms with Gasteiger partial charge in [-0.25, -0.2) is 0 Å². The summed E-state index contributed by atoms with van der Waals surface area (Å²) in [5.74, 6) is 0.0771. The van der Waals surface area contributed by atoms with Crippen molar-refractivity contribution in [3.8, 4) is 0 Å². The highest BCUT2D eigenvalue weighted by Gasteiger charge is 2.56. The molecular formula is C18H36O3S. The summed E-state index contributed by atoms with van der Waals surface area (Å²) in [6.07, 6.45) is 5.07. The van der Waals surface area contributed by atoms with Crippen molar-refractivity contribution in [2.75, 3.05) is 6.26 Å². The van der Waals surface area contributed by atoms with Gasteiger partial charge in [0, 0.05) is 6.26 Å². The molecule has 1 rings (SSSR count). The van der Waals surface area contributed by atoms with Gasteiger partial charge in [0.15, 0.2) is 5.79 Å². The Labute approximate surface area is 142 Å². The van der Waals surface area contributed by atoms with Gasteiger partial charge in [-0.3, -0.25) is 0 Å². The van der Waals surface area contributed by atoms with E-state index in [2.05, 4.69) is 41.5 Å². The van der Waals surface area contributed by atoms with Crippen LogP contribution >= 0.6 is 12.0 Å². The second kappa shape index (κ2) is 7.42. The van der Waals surface area contributed by atoms with Crippen molar-refractivity contribution in [2.45, 2.75) is 98.2 Å². The van der Waals surface area contributed by atoms with Crippen LogP contribution in [0.25, 0.3) is 0 Å². The minimum absolute atomic E-state index is 0.0481. The van der Waals surface area contributed by atoms with Crippen molar-refractivity contribution in [2.24, 2.45) is 11.3 Å². The lowest BCUT2D eigenvalue weighted by atomic mass is 9.70. The van der Waals surface area contributed by atoms with E-state index in [1.807, 2.05) is 20.1 Å². The predicted molar refractivity (Wildman–Crippen MR) is 95.0 cm³/mol. The van der Waals surface area contributed by atoms with E-state index in [0.29, 0.717) is 5.92 Å². The van der Waals surface area contributed by atoms with Gasteiger partial charge in [-0.1, -0.05) is 34.6 Å². The van der Waals surface area contributed by atoms with Crippen LogP contribution in [0.4, 0.5) is 0 Å². The standard InChI is InChI=1S/C18H36O3S/c1-10-17(7,12-13(3)4)14-15(20-16(5,6)19-14)18(8,11-2)21-22-9/h13-15H,10-12H2,1-9H3. The number of hydrogen-bond acceptors (Lipinski definition) is 4. The number of ether oxygens (including phenoxy) is 2. The van der Waals surface area contributed by atoms with Gasteiger partial charge in [0.05, 0.1) is 6.10 Å². The molecule has 1 aliphatic rings. The maximum absolute atomic E-state index is 6.40. The second-order valence-corrected chi connectivity index (χ2v) is 8.50. The van der Waals surface area contributed by atoms with E-state index in [9.17, 15) is 0 Å². The average Bonchev–Trinajstić information content (AvgIpc) is 2.75. The van der Waals surface area contributed by atoms with E-state index >= 15 is 0 Å². The topological polar surface area (TPSA) is 27.7 Å². The molecule has 0 N–H and O–H groups in total. The smallest absolute Gasteiger partial charge is 0.163 e. The molecule has 0 aromatic heterocycles. The van der Waals surface area contributed by atoms with Gasteiger partial charge >= 0.3 is 0 Å². The summed E-state index contributed by atoms with van der Waals surface area (Å²) in [5, 5.41) is 0. The SMILES string of the molecule is CCC(C)(CC(C)C)C1OC(C)(C)OC1C(C)(CC)OSC. The van der Waals surface area contributed by atoms with Crippen LogP contribution in [0.15, 0.2) is 0 Å². The minimum atomic E-state index is -0.555. The largest absolute Gasteiger partial charge is 0.344 e. The molecule has 0 spiro atoms. The quantitative estimate of drug-likeness (QED) is 0.554. The molecular weight excluding hydrogens is 296 g/mol. The Kier molecular flexibility index (Phi) is 6.83. The molecule has 4 atom stereocenters. The second-order valence-electron chi connectivity index (χ2n) is 8.00. The van der Waals surface area contributed by atoms with Crippen LogP contribution in [0.5, 0.6) is 0 Å². The van der Waals surface area contributed by atoms with E-state index in [-0.39, 0.29) is 23.2 Å². The molecule has 1 fully saturated rings. The first-order valence-corrected chi connectivity index (χ1v) is 9.76. The highest BCUT2D eigenvalue weighted by atomic mass is 32.2. The molecule has 0 aliphatic carbocycles. The zero-order valence-corrected chi connectivity index (χ0v) is 16.8. The summed E-state index contributed by atoms with van der Waals surface area (Å²) < 4.78 is 18.8. The van der Waals surface area contributed by atoms with Crippen molar-refractivity contribution in [1.82, 2.24) is 0 Å². The van der Waals surface area contributed by atoms with Crippen LogP contribution < -0.4 is 0 Å². The van der Waals surface area contributed by atoms with Crippen molar-refractivity contribution in [3.63, 3.8) is 0 Å². The van der Waals surface area contributed by atoms with Crippen LogP contribution in [0.2, 0.25) is 0 Å². The first kappa shape index (κ1) is 20.3. The third-order valence-corrected chi connectivity index (χ3v) is 5.59. The molecule has 0 bridgehead atoms. The van der Waals surface area contributed by atoms with E-state index in [1.54, 1.807) is 0 Å². The fourth-order valence-corrected chi connectivity index (χ4v) is 4.20. The third-order valence-electron chi connectivity index (χ3n) is 5.04. The van der Waals surface area contributed by atoms with E-state index in [1.165, 1.54) is 12.0 Å². The summed E-state index contributed by atoms with van der Waals surface area (Å²) in [7, 11) is 0. The summed E-state index contributed by atoms with van der Waals surface area (Å²) >= 11 is 1.42. The summed E-state index contributed by atoms with van der Waals surface area (Å²) in [4.78, 5) is 0.